The third-order valence-electron chi connectivity index (χ3n) is 5.44. The number of aryl methyl sites for hydroxylation is 1. The Labute approximate surface area is 184 Å². The van der Waals surface area contributed by atoms with Gasteiger partial charge in [0.15, 0.2) is 0 Å². The van der Waals surface area contributed by atoms with Crippen LogP contribution in [0, 0.1) is 5.82 Å². The number of pyridine rings is 1. The monoisotopic (exact) mass is 428 g/mol. The molecule has 1 aliphatic carbocycles. The Bertz CT molecular complexity index is 1320. The van der Waals surface area contributed by atoms with Crippen molar-refractivity contribution in [3.63, 3.8) is 0 Å². The molecule has 4 aromatic rings. The van der Waals surface area contributed by atoms with Crippen LogP contribution in [0.25, 0.3) is 28.5 Å². The summed E-state index contributed by atoms with van der Waals surface area (Å²) >= 11 is 0. The zero-order valence-corrected chi connectivity index (χ0v) is 17.4. The number of rotatable bonds is 6. The summed E-state index contributed by atoms with van der Waals surface area (Å²) in [6.45, 7) is 0. The summed E-state index contributed by atoms with van der Waals surface area (Å²) < 4.78 is 18.2. The van der Waals surface area contributed by atoms with E-state index >= 15 is 0 Å². The van der Waals surface area contributed by atoms with Crippen molar-refractivity contribution in [2.75, 3.05) is 5.32 Å². The molecule has 0 spiro atoms. The molecule has 1 fully saturated rings. The molecule has 160 valence electrons. The minimum absolute atomic E-state index is 0.114. The SMILES string of the molecule is Cn1nccc1-c1ccc(NC(=O)C=Cc2cnccc2-c2cnn(C3CC3)c2)c(F)c1. The molecule has 0 unspecified atom stereocenters. The van der Waals surface area contributed by atoms with Gasteiger partial charge in [0.1, 0.15) is 5.82 Å². The molecule has 0 radical (unpaired) electrons. The molecule has 3 aromatic heterocycles. The molecule has 1 aliphatic rings. The van der Waals surface area contributed by atoms with Gasteiger partial charge in [-0.2, -0.15) is 10.2 Å². The first kappa shape index (κ1) is 19.9. The van der Waals surface area contributed by atoms with Gasteiger partial charge in [-0.15, -0.1) is 0 Å². The summed E-state index contributed by atoms with van der Waals surface area (Å²) in [5.74, 6) is -0.944. The molecule has 32 heavy (non-hydrogen) atoms. The van der Waals surface area contributed by atoms with Crippen LogP contribution in [0.15, 0.2) is 67.4 Å². The molecule has 0 bridgehead atoms. The normalized spacial score (nSPS) is 13.6. The Kier molecular flexibility index (Phi) is 5.10. The summed E-state index contributed by atoms with van der Waals surface area (Å²) in [5, 5.41) is 11.1. The average molecular weight is 428 g/mol. The lowest BCUT2D eigenvalue weighted by Crippen LogP contribution is -2.09. The van der Waals surface area contributed by atoms with E-state index in [1.54, 1.807) is 54.6 Å². The fourth-order valence-corrected chi connectivity index (χ4v) is 3.59. The molecular weight excluding hydrogens is 407 g/mol. The highest BCUT2D eigenvalue weighted by atomic mass is 19.1. The van der Waals surface area contributed by atoms with E-state index in [0.717, 1.165) is 35.2 Å². The molecule has 0 saturated heterocycles. The molecule has 8 heteroatoms. The standard InChI is InChI=1S/C24H21FN6O/c1-30-23(9-11-27-30)16-2-6-22(21(25)12-16)29-24(32)7-3-17-13-26-10-8-20(17)18-14-28-31(15-18)19-4-5-19/h2-3,6-15,19H,4-5H2,1H3,(H,29,32). The van der Waals surface area contributed by atoms with Crippen molar-refractivity contribution in [2.45, 2.75) is 18.9 Å². The smallest absolute Gasteiger partial charge is 0.248 e. The average Bonchev–Trinajstić information content (AvgIpc) is 3.37. The molecular formula is C24H21FN6O. The van der Waals surface area contributed by atoms with Crippen molar-refractivity contribution in [1.29, 1.82) is 0 Å². The van der Waals surface area contributed by atoms with E-state index in [-0.39, 0.29) is 5.69 Å². The summed E-state index contributed by atoms with van der Waals surface area (Å²) in [5.41, 5.74) is 4.27. The van der Waals surface area contributed by atoms with Crippen LogP contribution in [0.3, 0.4) is 0 Å². The van der Waals surface area contributed by atoms with Gasteiger partial charge >= 0.3 is 0 Å². The number of nitrogens with zero attached hydrogens (tertiary/aromatic N) is 5. The summed E-state index contributed by atoms with van der Waals surface area (Å²) in [4.78, 5) is 16.6. The molecule has 3 heterocycles. The van der Waals surface area contributed by atoms with E-state index in [1.807, 2.05) is 23.1 Å². The minimum Gasteiger partial charge on any atom is -0.320 e. The number of carbonyl (C=O) groups excluding carboxylic acids is 1. The number of hydrogen-bond donors (Lipinski definition) is 1. The van der Waals surface area contributed by atoms with Crippen LogP contribution in [0.4, 0.5) is 10.1 Å². The Morgan fingerprint density at radius 1 is 1.12 bits per heavy atom. The van der Waals surface area contributed by atoms with Crippen LogP contribution in [-0.4, -0.2) is 30.5 Å². The van der Waals surface area contributed by atoms with Crippen LogP contribution in [0.1, 0.15) is 24.4 Å². The van der Waals surface area contributed by atoms with Gasteiger partial charge in [-0.1, -0.05) is 6.07 Å². The number of carbonyl (C=O) groups is 1. The summed E-state index contributed by atoms with van der Waals surface area (Å²) in [7, 11) is 1.79. The van der Waals surface area contributed by atoms with Crippen molar-refractivity contribution >= 4 is 17.7 Å². The third-order valence-corrected chi connectivity index (χ3v) is 5.44. The first-order chi connectivity index (χ1) is 15.6. The van der Waals surface area contributed by atoms with E-state index in [9.17, 15) is 9.18 Å². The van der Waals surface area contributed by atoms with Gasteiger partial charge in [-0.3, -0.25) is 19.1 Å². The van der Waals surface area contributed by atoms with Crippen molar-refractivity contribution in [2.24, 2.45) is 7.05 Å². The van der Waals surface area contributed by atoms with Gasteiger partial charge < -0.3 is 5.32 Å². The molecule has 1 N–H and O–H groups in total. The van der Waals surface area contributed by atoms with Gasteiger partial charge in [-0.05, 0) is 48.7 Å². The molecule has 7 nitrogen and oxygen atoms in total. The number of anilines is 1. The molecule has 5 rings (SSSR count). The fraction of sp³-hybridized carbons (Fsp3) is 0.167. The molecule has 1 amide bonds. The van der Waals surface area contributed by atoms with E-state index in [2.05, 4.69) is 20.5 Å². The largest absolute Gasteiger partial charge is 0.320 e. The second-order valence-corrected chi connectivity index (χ2v) is 7.76. The topological polar surface area (TPSA) is 77.6 Å². The lowest BCUT2D eigenvalue weighted by molar-refractivity contribution is -0.111. The van der Waals surface area contributed by atoms with Crippen LogP contribution in [0.5, 0.6) is 0 Å². The quantitative estimate of drug-likeness (QED) is 0.460. The maximum atomic E-state index is 14.6. The Balaban J connectivity index is 1.31. The first-order valence-corrected chi connectivity index (χ1v) is 10.3. The lowest BCUT2D eigenvalue weighted by Gasteiger charge is -2.07. The second kappa shape index (κ2) is 8.22. The van der Waals surface area contributed by atoms with Gasteiger partial charge in [0.05, 0.1) is 23.6 Å². The van der Waals surface area contributed by atoms with Crippen molar-refractivity contribution in [1.82, 2.24) is 24.5 Å². The Morgan fingerprint density at radius 3 is 2.75 bits per heavy atom. The number of benzene rings is 1. The molecule has 0 aliphatic heterocycles. The lowest BCUT2D eigenvalue weighted by atomic mass is 10.0. The molecule has 1 saturated carbocycles. The predicted molar refractivity (Wildman–Crippen MR) is 120 cm³/mol. The molecule has 0 atom stereocenters. The number of halogens is 1. The van der Waals surface area contributed by atoms with E-state index in [1.165, 1.54) is 12.1 Å². The van der Waals surface area contributed by atoms with Crippen LogP contribution in [-0.2, 0) is 11.8 Å². The number of nitrogens with one attached hydrogen (secondary N) is 1. The highest BCUT2D eigenvalue weighted by molar-refractivity contribution is 6.02. The second-order valence-electron chi connectivity index (χ2n) is 7.76. The van der Waals surface area contributed by atoms with E-state index in [0.29, 0.717) is 11.6 Å². The summed E-state index contributed by atoms with van der Waals surface area (Å²) in [6.07, 6.45) is 14.3. The van der Waals surface area contributed by atoms with E-state index < -0.39 is 11.7 Å². The number of hydrogen-bond acceptors (Lipinski definition) is 4. The summed E-state index contributed by atoms with van der Waals surface area (Å²) in [6, 6.07) is 8.86. The fourth-order valence-electron chi connectivity index (χ4n) is 3.59. The first-order valence-electron chi connectivity index (χ1n) is 10.3. The maximum Gasteiger partial charge on any atom is 0.248 e. The van der Waals surface area contributed by atoms with Crippen molar-refractivity contribution in [3.8, 4) is 22.4 Å². The zero-order chi connectivity index (χ0) is 22.1. The van der Waals surface area contributed by atoms with Crippen LogP contribution in [0.2, 0.25) is 0 Å². The van der Waals surface area contributed by atoms with Gasteiger partial charge in [0.2, 0.25) is 5.91 Å². The zero-order valence-electron chi connectivity index (χ0n) is 17.4. The third kappa shape index (κ3) is 4.07. The van der Waals surface area contributed by atoms with Crippen LogP contribution < -0.4 is 5.32 Å². The van der Waals surface area contributed by atoms with E-state index in [4.69, 9.17) is 0 Å². The Morgan fingerprint density at radius 2 is 2.00 bits per heavy atom. The predicted octanol–water partition coefficient (Wildman–Crippen LogP) is 4.47. The highest BCUT2D eigenvalue weighted by Gasteiger charge is 2.24. The maximum absolute atomic E-state index is 14.6. The number of amides is 1. The van der Waals surface area contributed by atoms with Gasteiger partial charge in [0, 0.05) is 54.6 Å². The van der Waals surface area contributed by atoms with Crippen molar-refractivity contribution in [3.05, 3.63) is 78.8 Å². The van der Waals surface area contributed by atoms with Crippen LogP contribution >= 0.6 is 0 Å². The number of aromatic nitrogens is 5. The van der Waals surface area contributed by atoms with Gasteiger partial charge in [-0.25, -0.2) is 4.39 Å². The minimum atomic E-state index is -0.514. The highest BCUT2D eigenvalue weighted by Crippen LogP contribution is 2.35. The molecule has 1 aromatic carbocycles. The van der Waals surface area contributed by atoms with Crippen molar-refractivity contribution < 1.29 is 9.18 Å². The van der Waals surface area contributed by atoms with Gasteiger partial charge in [0.25, 0.3) is 0 Å². The Hall–Kier alpha value is -4.07.